The first kappa shape index (κ1) is 33.7. The Morgan fingerprint density at radius 1 is 0.902 bits per heavy atom. The van der Waals surface area contributed by atoms with Crippen LogP contribution in [0.25, 0.3) is 16.8 Å². The maximum atomic E-state index is 14.6. The summed E-state index contributed by atoms with van der Waals surface area (Å²) < 4.78 is 10.7. The quantitative estimate of drug-likeness (QED) is 0.0963. The average molecular weight is 689 g/mol. The van der Waals surface area contributed by atoms with E-state index in [0.29, 0.717) is 30.0 Å². The van der Waals surface area contributed by atoms with Gasteiger partial charge in [0.05, 0.1) is 20.3 Å². The third-order valence-corrected chi connectivity index (χ3v) is 10.2. The van der Waals surface area contributed by atoms with Gasteiger partial charge in [0.25, 0.3) is 0 Å². The van der Waals surface area contributed by atoms with Gasteiger partial charge in [0, 0.05) is 30.1 Å². The van der Waals surface area contributed by atoms with Gasteiger partial charge in [0.1, 0.15) is 17.4 Å². The minimum absolute atomic E-state index is 0.0228. The van der Waals surface area contributed by atoms with Crippen molar-refractivity contribution in [2.24, 2.45) is 5.92 Å². The Balaban J connectivity index is 1.31. The summed E-state index contributed by atoms with van der Waals surface area (Å²) in [6.45, 7) is 0. The van der Waals surface area contributed by atoms with Crippen molar-refractivity contribution in [3.8, 4) is 34.5 Å². The van der Waals surface area contributed by atoms with Crippen molar-refractivity contribution in [1.82, 2.24) is 4.98 Å². The number of Topliss-reactive ketones (excluding diaryl/α,β-unsaturated/α-hetero) is 1. The molecule has 1 aromatic heterocycles. The number of fused-ring (bicyclic) bond motifs is 2. The number of aromatic hydroxyl groups is 4. The molecule has 4 atom stereocenters. The number of ketones is 1. The molecule has 7 rings (SSSR count). The highest BCUT2D eigenvalue weighted by Crippen LogP contribution is 2.48. The number of phenols is 4. The van der Waals surface area contributed by atoms with Gasteiger partial charge in [-0.3, -0.25) is 4.79 Å². The SMILES string of the molecule is COc1cc(CC[C@@H](O)[C@@H]2Cc3ccnc(c3)Nc3ccc4cc(O)cc5c4c3[C@@H](C=C5)C[C@H](c3cc(O)c(O)c(OC)c3)CC2=O)ccc1O. The topological polar surface area (TPSA) is 162 Å². The lowest BCUT2D eigenvalue weighted by molar-refractivity contribution is -0.127. The van der Waals surface area contributed by atoms with E-state index in [4.69, 9.17) is 9.47 Å². The molecule has 5 aromatic rings. The summed E-state index contributed by atoms with van der Waals surface area (Å²) >= 11 is 0. The van der Waals surface area contributed by atoms with Crippen molar-refractivity contribution in [2.45, 2.75) is 50.0 Å². The van der Waals surface area contributed by atoms with E-state index in [1.165, 1.54) is 20.3 Å². The summed E-state index contributed by atoms with van der Waals surface area (Å²) in [5, 5.41) is 58.8. The maximum Gasteiger partial charge on any atom is 0.200 e. The number of allylic oxidation sites excluding steroid dienone is 1. The number of carbonyl (C=O) groups is 1. The molecule has 1 aliphatic carbocycles. The van der Waals surface area contributed by atoms with Crippen LogP contribution in [0.1, 0.15) is 58.9 Å². The van der Waals surface area contributed by atoms with Crippen LogP contribution in [0.4, 0.5) is 11.5 Å². The number of hydrogen-bond donors (Lipinski definition) is 6. The van der Waals surface area contributed by atoms with E-state index in [1.54, 1.807) is 42.6 Å². The number of pyridine rings is 1. The average Bonchev–Trinajstić information content (AvgIpc) is 3.12. The predicted molar refractivity (Wildman–Crippen MR) is 194 cm³/mol. The highest BCUT2D eigenvalue weighted by molar-refractivity contribution is 6.00. The Bertz CT molecular complexity index is 2160. The van der Waals surface area contributed by atoms with Crippen LogP contribution < -0.4 is 14.8 Å². The van der Waals surface area contributed by atoms with Crippen molar-refractivity contribution >= 4 is 34.1 Å². The molecule has 4 aromatic carbocycles. The minimum atomic E-state index is -0.999. The van der Waals surface area contributed by atoms with E-state index in [2.05, 4.69) is 16.4 Å². The molecular weight excluding hydrogens is 648 g/mol. The predicted octanol–water partition coefficient (Wildman–Crippen LogP) is 7.23. The first-order valence-electron chi connectivity index (χ1n) is 17.0. The number of ether oxygens (including phenoxy) is 2. The Labute approximate surface area is 295 Å². The van der Waals surface area contributed by atoms with Crippen LogP contribution in [-0.2, 0) is 17.6 Å². The summed E-state index contributed by atoms with van der Waals surface area (Å²) in [5.74, 6) is -1.10. The first-order valence-corrected chi connectivity index (χ1v) is 17.0. The van der Waals surface area contributed by atoms with Gasteiger partial charge in [0.15, 0.2) is 23.0 Å². The number of benzene rings is 4. The molecule has 0 saturated heterocycles. The molecule has 51 heavy (non-hydrogen) atoms. The van der Waals surface area contributed by atoms with Gasteiger partial charge in [-0.05, 0) is 125 Å². The summed E-state index contributed by atoms with van der Waals surface area (Å²) in [7, 11) is 2.88. The monoisotopic (exact) mass is 688 g/mol. The molecular formula is C41H40N2O8. The summed E-state index contributed by atoms with van der Waals surface area (Å²) in [4.78, 5) is 19.2. The number of aliphatic hydroxyl groups is 1. The number of aryl methyl sites for hydroxylation is 1. The van der Waals surface area contributed by atoms with Crippen LogP contribution in [0.3, 0.4) is 0 Å². The number of nitrogens with one attached hydrogen (secondary N) is 1. The van der Waals surface area contributed by atoms with Gasteiger partial charge in [-0.2, -0.15) is 0 Å². The molecule has 0 amide bonds. The Hall–Kier alpha value is -5.74. The molecule has 0 spiro atoms. The zero-order valence-electron chi connectivity index (χ0n) is 28.3. The lowest BCUT2D eigenvalue weighted by Crippen LogP contribution is -2.32. The number of aromatic nitrogens is 1. The molecule has 2 bridgehead atoms. The van der Waals surface area contributed by atoms with E-state index in [9.17, 15) is 30.3 Å². The van der Waals surface area contributed by atoms with Crippen LogP contribution in [0.2, 0.25) is 0 Å². The molecule has 262 valence electrons. The van der Waals surface area contributed by atoms with Gasteiger partial charge in [-0.1, -0.05) is 24.3 Å². The number of nitrogens with zero attached hydrogens (tertiary/aromatic N) is 1. The Kier molecular flexibility index (Phi) is 9.18. The molecule has 0 unspecified atom stereocenters. The number of aliphatic hydroxyl groups excluding tert-OH is 1. The zero-order valence-corrected chi connectivity index (χ0v) is 28.3. The third kappa shape index (κ3) is 6.74. The largest absolute Gasteiger partial charge is 0.508 e. The number of anilines is 2. The van der Waals surface area contributed by atoms with Crippen molar-refractivity contribution in [3.05, 3.63) is 107 Å². The first-order chi connectivity index (χ1) is 24.6. The second-order valence-corrected chi connectivity index (χ2v) is 13.4. The smallest absolute Gasteiger partial charge is 0.200 e. The maximum absolute atomic E-state index is 14.6. The zero-order chi connectivity index (χ0) is 35.8. The van der Waals surface area contributed by atoms with E-state index in [-0.39, 0.29) is 59.7 Å². The number of phenolic OH excluding ortho intramolecular Hbond substituents is 4. The fourth-order valence-electron chi connectivity index (χ4n) is 7.61. The van der Waals surface area contributed by atoms with Gasteiger partial charge in [0.2, 0.25) is 5.75 Å². The highest BCUT2D eigenvalue weighted by atomic mass is 16.5. The summed E-state index contributed by atoms with van der Waals surface area (Å²) in [5.41, 5.74) is 4.99. The van der Waals surface area contributed by atoms with Crippen molar-refractivity contribution in [3.63, 3.8) is 0 Å². The highest BCUT2D eigenvalue weighted by Gasteiger charge is 2.33. The summed E-state index contributed by atoms with van der Waals surface area (Å²) in [6.07, 6.45) is 6.25. The second-order valence-electron chi connectivity index (χ2n) is 13.4. The van der Waals surface area contributed by atoms with Crippen molar-refractivity contribution in [2.75, 3.05) is 19.5 Å². The molecule has 1 aliphatic heterocycles. The van der Waals surface area contributed by atoms with Crippen LogP contribution >= 0.6 is 0 Å². The fraction of sp³-hybridized carbons (Fsp3) is 0.268. The molecule has 10 nitrogen and oxygen atoms in total. The fourth-order valence-corrected chi connectivity index (χ4v) is 7.61. The van der Waals surface area contributed by atoms with Crippen LogP contribution in [0, 0.1) is 5.92 Å². The number of carbonyl (C=O) groups excluding carboxylic acids is 1. The van der Waals surface area contributed by atoms with E-state index in [0.717, 1.165) is 38.7 Å². The van der Waals surface area contributed by atoms with Crippen LogP contribution in [0.15, 0.2) is 79.0 Å². The lowest BCUT2D eigenvalue weighted by Gasteiger charge is -2.29. The van der Waals surface area contributed by atoms with E-state index in [1.807, 2.05) is 30.3 Å². The summed E-state index contributed by atoms with van der Waals surface area (Å²) in [6, 6.07) is 19.3. The van der Waals surface area contributed by atoms with Gasteiger partial charge >= 0.3 is 0 Å². The van der Waals surface area contributed by atoms with Crippen LogP contribution in [-0.4, -0.2) is 56.6 Å². The molecule has 6 N–H and O–H groups in total. The van der Waals surface area contributed by atoms with Gasteiger partial charge in [-0.15, -0.1) is 0 Å². The van der Waals surface area contributed by atoms with E-state index >= 15 is 0 Å². The number of rotatable bonds is 7. The Morgan fingerprint density at radius 2 is 1.73 bits per heavy atom. The second kappa shape index (κ2) is 13.9. The number of methoxy groups -OCH3 is 2. The minimum Gasteiger partial charge on any atom is -0.508 e. The lowest BCUT2D eigenvalue weighted by atomic mass is 9.75. The molecule has 0 fully saturated rings. The molecule has 0 radical (unpaired) electrons. The van der Waals surface area contributed by atoms with E-state index < -0.39 is 17.9 Å². The number of hydrogen-bond acceptors (Lipinski definition) is 10. The normalized spacial score (nSPS) is 19.0. The van der Waals surface area contributed by atoms with Crippen molar-refractivity contribution < 1.29 is 39.8 Å². The molecule has 2 heterocycles. The van der Waals surface area contributed by atoms with Gasteiger partial charge < -0.3 is 40.3 Å². The third-order valence-electron chi connectivity index (χ3n) is 10.2. The van der Waals surface area contributed by atoms with Crippen molar-refractivity contribution in [1.29, 1.82) is 0 Å². The Morgan fingerprint density at radius 3 is 2.53 bits per heavy atom. The van der Waals surface area contributed by atoms with Crippen LogP contribution in [0.5, 0.6) is 34.5 Å². The molecule has 10 heteroatoms. The van der Waals surface area contributed by atoms with Gasteiger partial charge in [-0.25, -0.2) is 4.98 Å². The molecule has 2 aliphatic rings. The standard InChI is InChI=1S/C41H40N2O8/c1-50-36-14-22(4-10-33(36)46)3-9-32(45)30-13-23-11-12-42-38(15-23)43-31-8-7-26-18-29(44)17-25-6-5-24(40(31)39(25)26)16-27(19-34(30)47)28-20-35(48)41(49)37(21-28)51-2/h4-8,10-12,14-15,17-18,20-21,24,27,30,32,44-46,48-49H,3,9,13,16,19H2,1-2H3,(H,42,43)/t24-,27-,30-,32+/m0/s1. The molecule has 0 saturated carbocycles.